The van der Waals surface area contributed by atoms with E-state index in [4.69, 9.17) is 21.1 Å². The van der Waals surface area contributed by atoms with Crippen LogP contribution in [-0.2, 0) is 4.79 Å². The number of carboxylic acid groups (broad SMARTS) is 1. The minimum Gasteiger partial charge on any atom is -0.481 e. The molecule has 1 unspecified atom stereocenters. The molecule has 88 valence electrons. The van der Waals surface area contributed by atoms with Crippen LogP contribution in [-0.4, -0.2) is 23.5 Å². The summed E-state index contributed by atoms with van der Waals surface area (Å²) in [6.07, 6.45) is 1.75. The molecule has 0 aromatic carbocycles. The van der Waals surface area contributed by atoms with Crippen molar-refractivity contribution in [2.24, 2.45) is 5.92 Å². The number of amides is 1. The number of carbonyl (C=O) groups excluding carboxylic acids is 1. The zero-order valence-corrected chi connectivity index (χ0v) is 9.45. The van der Waals surface area contributed by atoms with Gasteiger partial charge in [-0.05, 0) is 24.1 Å². The zero-order chi connectivity index (χ0) is 12.1. The van der Waals surface area contributed by atoms with Gasteiger partial charge in [-0.15, -0.1) is 0 Å². The van der Waals surface area contributed by atoms with Crippen LogP contribution in [0.3, 0.4) is 0 Å². The lowest BCUT2D eigenvalue weighted by Crippen LogP contribution is -2.32. The van der Waals surface area contributed by atoms with Crippen molar-refractivity contribution < 1.29 is 19.1 Å². The summed E-state index contributed by atoms with van der Waals surface area (Å²) in [5.41, 5.74) is 0.210. The van der Waals surface area contributed by atoms with Gasteiger partial charge in [-0.1, -0.05) is 6.92 Å². The maximum atomic E-state index is 11.5. The number of furan rings is 1. The fraction of sp³-hybridized carbons (Fsp3) is 0.400. The molecule has 2 N–H and O–H groups in total. The van der Waals surface area contributed by atoms with Crippen molar-refractivity contribution in [3.05, 3.63) is 23.1 Å². The average molecular weight is 246 g/mol. The quantitative estimate of drug-likeness (QED) is 0.829. The van der Waals surface area contributed by atoms with Crippen LogP contribution in [0.25, 0.3) is 0 Å². The van der Waals surface area contributed by atoms with Crippen LogP contribution in [0, 0.1) is 5.92 Å². The van der Waals surface area contributed by atoms with Gasteiger partial charge in [0.2, 0.25) is 5.22 Å². The van der Waals surface area contributed by atoms with Gasteiger partial charge >= 0.3 is 5.97 Å². The fourth-order valence-electron chi connectivity index (χ4n) is 1.17. The Kier molecular flexibility index (Phi) is 4.37. The first-order valence-corrected chi connectivity index (χ1v) is 5.18. The highest BCUT2D eigenvalue weighted by molar-refractivity contribution is 6.32. The highest BCUT2D eigenvalue weighted by Crippen LogP contribution is 2.16. The maximum Gasteiger partial charge on any atom is 0.308 e. The normalized spacial score (nSPS) is 12.1. The first-order valence-electron chi connectivity index (χ1n) is 4.80. The molecule has 0 bridgehead atoms. The van der Waals surface area contributed by atoms with Crippen molar-refractivity contribution in [3.8, 4) is 0 Å². The van der Waals surface area contributed by atoms with E-state index in [1.807, 2.05) is 0 Å². The Morgan fingerprint density at radius 3 is 2.75 bits per heavy atom. The molecule has 0 saturated heterocycles. The number of hydrogen-bond acceptors (Lipinski definition) is 3. The van der Waals surface area contributed by atoms with Crippen molar-refractivity contribution in [3.63, 3.8) is 0 Å². The third-order valence-corrected chi connectivity index (χ3v) is 2.51. The predicted molar refractivity (Wildman–Crippen MR) is 57.5 cm³/mol. The van der Waals surface area contributed by atoms with Crippen LogP contribution < -0.4 is 5.32 Å². The van der Waals surface area contributed by atoms with Crippen LogP contribution in [0.1, 0.15) is 23.7 Å². The summed E-state index contributed by atoms with van der Waals surface area (Å²) in [4.78, 5) is 22.2. The number of nitrogens with one attached hydrogen (secondary N) is 1. The largest absolute Gasteiger partial charge is 0.481 e. The number of carboxylic acids is 1. The molecule has 1 heterocycles. The summed E-state index contributed by atoms with van der Waals surface area (Å²) < 4.78 is 4.75. The first kappa shape index (κ1) is 12.6. The van der Waals surface area contributed by atoms with E-state index in [1.54, 1.807) is 6.92 Å². The third-order valence-electron chi connectivity index (χ3n) is 2.21. The number of rotatable bonds is 5. The molecule has 0 saturated carbocycles. The second-order valence-corrected chi connectivity index (χ2v) is 3.60. The highest BCUT2D eigenvalue weighted by Gasteiger charge is 2.18. The van der Waals surface area contributed by atoms with Crippen molar-refractivity contribution in [2.45, 2.75) is 13.3 Å². The molecular formula is C10H12ClNO4. The molecular weight excluding hydrogens is 234 g/mol. The molecule has 6 heteroatoms. The summed E-state index contributed by atoms with van der Waals surface area (Å²) >= 11 is 5.60. The van der Waals surface area contributed by atoms with Gasteiger partial charge < -0.3 is 14.8 Å². The maximum absolute atomic E-state index is 11.5. The minimum atomic E-state index is -0.930. The molecule has 1 aromatic heterocycles. The van der Waals surface area contributed by atoms with E-state index in [0.29, 0.717) is 6.42 Å². The molecule has 0 aliphatic rings. The number of carbonyl (C=O) groups is 2. The Morgan fingerprint density at radius 2 is 2.31 bits per heavy atom. The predicted octanol–water partition coefficient (Wildman–Crippen LogP) is 1.77. The lowest BCUT2D eigenvalue weighted by molar-refractivity contribution is -0.141. The summed E-state index contributed by atoms with van der Waals surface area (Å²) in [5, 5.41) is 11.3. The SMILES string of the molecule is CCC(CNC(=O)c1ccoc1Cl)C(=O)O. The minimum absolute atomic E-state index is 0.000809. The number of halogens is 1. The average Bonchev–Trinajstić information content (AvgIpc) is 2.64. The molecule has 1 amide bonds. The van der Waals surface area contributed by atoms with Gasteiger partial charge in [0.15, 0.2) is 0 Å². The van der Waals surface area contributed by atoms with Crippen LogP contribution in [0.4, 0.5) is 0 Å². The van der Waals surface area contributed by atoms with E-state index in [2.05, 4.69) is 5.32 Å². The summed E-state index contributed by atoms with van der Waals surface area (Å²) in [7, 11) is 0. The summed E-state index contributed by atoms with van der Waals surface area (Å²) in [6.45, 7) is 1.82. The lowest BCUT2D eigenvalue weighted by Gasteiger charge is -2.10. The standard InChI is InChI=1S/C10H12ClNO4/c1-2-6(10(14)15)5-12-9(13)7-3-4-16-8(7)11/h3-4,6H,2,5H2,1H3,(H,12,13)(H,14,15). The first-order chi connectivity index (χ1) is 7.56. The fourth-order valence-corrected chi connectivity index (χ4v) is 1.37. The lowest BCUT2D eigenvalue weighted by atomic mass is 10.1. The van der Waals surface area contributed by atoms with Crippen LogP contribution >= 0.6 is 11.6 Å². The highest BCUT2D eigenvalue weighted by atomic mass is 35.5. The van der Waals surface area contributed by atoms with Gasteiger partial charge in [-0.2, -0.15) is 0 Å². The van der Waals surface area contributed by atoms with Gasteiger partial charge in [-0.25, -0.2) is 0 Å². The van der Waals surface area contributed by atoms with Gasteiger partial charge in [0.25, 0.3) is 5.91 Å². The Hall–Kier alpha value is -1.49. The third kappa shape index (κ3) is 3.00. The van der Waals surface area contributed by atoms with Crippen molar-refractivity contribution in [2.75, 3.05) is 6.54 Å². The topological polar surface area (TPSA) is 79.5 Å². The number of aliphatic carboxylic acids is 1. The van der Waals surface area contributed by atoms with Crippen molar-refractivity contribution in [1.82, 2.24) is 5.32 Å². The zero-order valence-electron chi connectivity index (χ0n) is 8.70. The van der Waals surface area contributed by atoms with E-state index in [9.17, 15) is 9.59 Å². The smallest absolute Gasteiger partial charge is 0.308 e. The molecule has 0 radical (unpaired) electrons. The summed E-state index contributed by atoms with van der Waals surface area (Å²) in [6, 6.07) is 1.43. The van der Waals surface area contributed by atoms with Gasteiger partial charge in [0, 0.05) is 6.54 Å². The van der Waals surface area contributed by atoms with Crippen LogP contribution in [0.2, 0.25) is 5.22 Å². The number of hydrogen-bond donors (Lipinski definition) is 2. The van der Waals surface area contributed by atoms with E-state index >= 15 is 0 Å². The van der Waals surface area contributed by atoms with Gasteiger partial charge in [-0.3, -0.25) is 9.59 Å². The second-order valence-electron chi connectivity index (χ2n) is 3.26. The van der Waals surface area contributed by atoms with Gasteiger partial charge in [0.05, 0.1) is 17.7 Å². The van der Waals surface area contributed by atoms with E-state index in [0.717, 1.165) is 0 Å². The monoisotopic (exact) mass is 245 g/mol. The van der Waals surface area contributed by atoms with Crippen molar-refractivity contribution in [1.29, 1.82) is 0 Å². The molecule has 5 nitrogen and oxygen atoms in total. The Morgan fingerprint density at radius 1 is 1.62 bits per heavy atom. The van der Waals surface area contributed by atoms with Crippen LogP contribution in [0.15, 0.2) is 16.7 Å². The Balaban J connectivity index is 2.53. The second kappa shape index (κ2) is 5.55. The molecule has 0 spiro atoms. The molecule has 1 rings (SSSR count). The van der Waals surface area contributed by atoms with Gasteiger partial charge in [0.1, 0.15) is 0 Å². The van der Waals surface area contributed by atoms with Crippen LogP contribution in [0.5, 0.6) is 0 Å². The summed E-state index contributed by atoms with van der Waals surface area (Å²) in [5.74, 6) is -1.95. The van der Waals surface area contributed by atoms with Crippen molar-refractivity contribution >= 4 is 23.5 Å². The van der Waals surface area contributed by atoms with E-state index in [-0.39, 0.29) is 17.3 Å². The van der Waals surface area contributed by atoms with E-state index in [1.165, 1.54) is 12.3 Å². The molecule has 1 aromatic rings. The molecule has 0 aliphatic heterocycles. The molecule has 0 fully saturated rings. The molecule has 0 aliphatic carbocycles. The Bertz CT molecular complexity index is 388. The molecule has 16 heavy (non-hydrogen) atoms. The molecule has 1 atom stereocenters. The Labute approximate surface area is 97.4 Å². The van der Waals surface area contributed by atoms with E-state index < -0.39 is 17.8 Å².